The molecule has 0 unspecified atom stereocenters. The minimum absolute atomic E-state index is 0.115. The van der Waals surface area contributed by atoms with Crippen molar-refractivity contribution in [3.63, 3.8) is 0 Å². The molecule has 2 aromatic heterocycles. The fourth-order valence-corrected chi connectivity index (χ4v) is 5.14. The molecular weight excluding hydrogens is 374 g/mol. The molecule has 0 radical (unpaired) electrons. The largest absolute Gasteiger partial charge is 0.487 e. The van der Waals surface area contributed by atoms with Crippen molar-refractivity contribution in [3.8, 4) is 5.75 Å². The van der Waals surface area contributed by atoms with Gasteiger partial charge in [0.25, 0.3) is 0 Å². The molecule has 3 aromatic rings. The van der Waals surface area contributed by atoms with Crippen LogP contribution in [0.2, 0.25) is 0 Å². The van der Waals surface area contributed by atoms with Crippen molar-refractivity contribution >= 4 is 17.2 Å². The third-order valence-corrected chi connectivity index (χ3v) is 6.71. The molecule has 0 N–H and O–H groups in total. The maximum atomic E-state index is 6.31. The lowest BCUT2D eigenvalue weighted by molar-refractivity contribution is 0.137. The fourth-order valence-electron chi connectivity index (χ4n) is 5.14. The van der Waals surface area contributed by atoms with E-state index in [9.17, 15) is 0 Å². The molecule has 0 saturated carbocycles. The molecule has 2 aliphatic rings. The lowest BCUT2D eigenvalue weighted by Crippen LogP contribution is -2.47. The highest BCUT2D eigenvalue weighted by Gasteiger charge is 2.35. The number of benzene rings is 1. The smallest absolute Gasteiger partial charge is 0.157 e. The van der Waals surface area contributed by atoms with Gasteiger partial charge in [0.05, 0.1) is 6.20 Å². The molecule has 1 fully saturated rings. The van der Waals surface area contributed by atoms with Gasteiger partial charge in [0.2, 0.25) is 0 Å². The predicted octanol–water partition coefficient (Wildman–Crippen LogP) is 4.00. The zero-order chi connectivity index (χ0) is 21.2. The van der Waals surface area contributed by atoms with Crippen LogP contribution in [-0.2, 0) is 6.42 Å². The highest BCUT2D eigenvalue weighted by molar-refractivity contribution is 5.70. The van der Waals surface area contributed by atoms with Crippen LogP contribution in [0.3, 0.4) is 0 Å². The summed E-state index contributed by atoms with van der Waals surface area (Å²) in [5.74, 6) is 2.25. The van der Waals surface area contributed by atoms with E-state index in [2.05, 4.69) is 67.5 Å². The number of aryl methyl sites for hydroxylation is 1. The molecule has 0 spiro atoms. The number of fused-ring (bicyclic) bond motifs is 2. The first-order valence-corrected chi connectivity index (χ1v) is 10.9. The Morgan fingerprint density at radius 1 is 0.933 bits per heavy atom. The summed E-state index contributed by atoms with van der Waals surface area (Å²) >= 11 is 0. The summed E-state index contributed by atoms with van der Waals surface area (Å²) in [5, 5.41) is 4.49. The average Bonchev–Trinajstić information content (AvgIpc) is 3.30. The first kappa shape index (κ1) is 19.2. The van der Waals surface area contributed by atoms with Gasteiger partial charge in [-0.25, -0.2) is 4.98 Å². The van der Waals surface area contributed by atoms with Crippen LogP contribution in [-0.4, -0.2) is 46.4 Å². The van der Waals surface area contributed by atoms with E-state index < -0.39 is 0 Å². The van der Waals surface area contributed by atoms with Crippen molar-refractivity contribution in [1.29, 1.82) is 0 Å². The molecular formula is C24H31N5O. The van der Waals surface area contributed by atoms with Gasteiger partial charge in [0.1, 0.15) is 17.2 Å². The zero-order valence-corrected chi connectivity index (χ0v) is 18.9. The van der Waals surface area contributed by atoms with E-state index in [0.717, 1.165) is 55.5 Å². The second-order valence-corrected chi connectivity index (χ2v) is 9.40. The number of ether oxygens (including phenoxy) is 1. The van der Waals surface area contributed by atoms with Crippen LogP contribution in [0.1, 0.15) is 41.8 Å². The van der Waals surface area contributed by atoms with Crippen LogP contribution in [0.25, 0.3) is 5.65 Å². The van der Waals surface area contributed by atoms with Gasteiger partial charge in [-0.15, -0.1) is 0 Å². The van der Waals surface area contributed by atoms with Gasteiger partial charge in [-0.05, 0) is 58.2 Å². The standard InChI is InChI=1S/C24H31N5O/c1-15-13-21(29-20(26-15)7-8-25-29)27-9-11-28(12-10-27)22-16(2)17(3)23-19(18(22)4)14-24(5,6)30-23/h7-8,13H,9-12,14H2,1-6H3. The first-order valence-electron chi connectivity index (χ1n) is 10.9. The van der Waals surface area contributed by atoms with Crippen molar-refractivity contribution in [3.05, 3.63) is 46.3 Å². The number of anilines is 2. The molecule has 158 valence electrons. The Kier molecular flexibility index (Phi) is 4.24. The Hall–Kier alpha value is -2.76. The predicted molar refractivity (Wildman–Crippen MR) is 121 cm³/mol. The van der Waals surface area contributed by atoms with Gasteiger partial charge in [-0.1, -0.05) is 0 Å². The Labute approximate surface area is 178 Å². The van der Waals surface area contributed by atoms with Gasteiger partial charge in [-0.3, -0.25) is 0 Å². The zero-order valence-electron chi connectivity index (χ0n) is 18.9. The molecule has 1 saturated heterocycles. The van der Waals surface area contributed by atoms with Crippen LogP contribution in [0.15, 0.2) is 18.3 Å². The summed E-state index contributed by atoms with van der Waals surface area (Å²) in [4.78, 5) is 9.58. The molecule has 6 nitrogen and oxygen atoms in total. The van der Waals surface area contributed by atoms with E-state index in [4.69, 9.17) is 4.74 Å². The van der Waals surface area contributed by atoms with Gasteiger partial charge < -0.3 is 14.5 Å². The van der Waals surface area contributed by atoms with Gasteiger partial charge >= 0.3 is 0 Å². The van der Waals surface area contributed by atoms with Gasteiger partial charge in [0, 0.05) is 61.7 Å². The second-order valence-electron chi connectivity index (χ2n) is 9.40. The molecule has 30 heavy (non-hydrogen) atoms. The quantitative estimate of drug-likeness (QED) is 0.645. The summed E-state index contributed by atoms with van der Waals surface area (Å²) in [6.45, 7) is 17.1. The summed E-state index contributed by atoms with van der Waals surface area (Å²) < 4.78 is 8.26. The number of aromatic nitrogens is 3. The second kappa shape index (κ2) is 6.62. The summed E-state index contributed by atoms with van der Waals surface area (Å²) in [6, 6.07) is 4.11. The molecule has 0 amide bonds. The van der Waals surface area contributed by atoms with Crippen molar-refractivity contribution in [2.24, 2.45) is 0 Å². The number of hydrogen-bond acceptors (Lipinski definition) is 5. The Balaban J connectivity index is 1.44. The molecule has 1 aromatic carbocycles. The number of nitrogens with zero attached hydrogens (tertiary/aromatic N) is 5. The lowest BCUT2D eigenvalue weighted by atomic mass is 9.92. The van der Waals surface area contributed by atoms with Gasteiger partial charge in [0.15, 0.2) is 5.65 Å². The molecule has 0 bridgehead atoms. The number of rotatable bonds is 2. The van der Waals surface area contributed by atoms with Crippen LogP contribution in [0.4, 0.5) is 11.5 Å². The van der Waals surface area contributed by atoms with Crippen molar-refractivity contribution < 1.29 is 4.74 Å². The Morgan fingerprint density at radius 2 is 1.63 bits per heavy atom. The van der Waals surface area contributed by atoms with E-state index in [1.807, 2.05) is 16.8 Å². The van der Waals surface area contributed by atoms with Crippen molar-refractivity contribution in [1.82, 2.24) is 14.6 Å². The molecule has 2 aliphatic heterocycles. The third kappa shape index (κ3) is 2.92. The topological polar surface area (TPSA) is 45.9 Å². The third-order valence-electron chi connectivity index (χ3n) is 6.71. The van der Waals surface area contributed by atoms with Gasteiger partial charge in [-0.2, -0.15) is 9.61 Å². The number of piperazine rings is 1. The summed E-state index contributed by atoms with van der Waals surface area (Å²) in [5.41, 5.74) is 8.66. The molecule has 0 atom stereocenters. The maximum absolute atomic E-state index is 6.31. The average molecular weight is 406 g/mol. The summed E-state index contributed by atoms with van der Waals surface area (Å²) in [7, 11) is 0. The van der Waals surface area contributed by atoms with Crippen molar-refractivity contribution in [2.75, 3.05) is 36.0 Å². The van der Waals surface area contributed by atoms with E-state index in [1.54, 1.807) is 0 Å². The van der Waals surface area contributed by atoms with E-state index in [0.29, 0.717) is 0 Å². The normalized spacial score (nSPS) is 18.1. The molecule has 5 rings (SSSR count). The Bertz CT molecular complexity index is 1140. The maximum Gasteiger partial charge on any atom is 0.157 e. The minimum Gasteiger partial charge on any atom is -0.487 e. The lowest BCUT2D eigenvalue weighted by Gasteiger charge is -2.39. The van der Waals surface area contributed by atoms with E-state index in [1.165, 1.54) is 27.9 Å². The first-order chi connectivity index (χ1) is 14.2. The van der Waals surface area contributed by atoms with Crippen LogP contribution in [0, 0.1) is 27.7 Å². The fraction of sp³-hybridized carbons (Fsp3) is 0.500. The summed E-state index contributed by atoms with van der Waals surface area (Å²) in [6.07, 6.45) is 2.81. The number of hydrogen-bond donors (Lipinski definition) is 0. The van der Waals surface area contributed by atoms with E-state index in [-0.39, 0.29) is 5.60 Å². The SMILES string of the molecule is Cc1cc(N2CCN(c3c(C)c(C)c4c(c3C)CC(C)(C)O4)CC2)n2nccc2n1. The van der Waals surface area contributed by atoms with Crippen LogP contribution < -0.4 is 14.5 Å². The highest BCUT2D eigenvalue weighted by atomic mass is 16.5. The minimum atomic E-state index is -0.115. The molecule has 4 heterocycles. The van der Waals surface area contributed by atoms with Crippen LogP contribution >= 0.6 is 0 Å². The molecule has 6 heteroatoms. The monoisotopic (exact) mass is 405 g/mol. The van der Waals surface area contributed by atoms with Crippen LogP contribution in [0.5, 0.6) is 5.75 Å². The van der Waals surface area contributed by atoms with E-state index >= 15 is 0 Å². The Morgan fingerprint density at radius 3 is 2.37 bits per heavy atom. The molecule has 0 aliphatic carbocycles. The highest BCUT2D eigenvalue weighted by Crippen LogP contribution is 2.45. The van der Waals surface area contributed by atoms with Crippen molar-refractivity contribution in [2.45, 2.75) is 53.6 Å².